The number of anilines is 3. The smallest absolute Gasteiger partial charge is 0.0726 e. The summed E-state index contributed by atoms with van der Waals surface area (Å²) in [6, 6.07) is 87.9. The SMILES string of the molecule is C=CC1(c2ccccc2)c2ccccc2-c2ccc(N(c3ccc4c(c3)c3ccccc3n4-c3ccccc3)c3cccc4c3-c3ccccc3C43c4ccccc4-c4ccccc43)cc21. The summed E-state index contributed by atoms with van der Waals surface area (Å²) in [6.45, 7) is 4.60. The summed E-state index contributed by atoms with van der Waals surface area (Å²) in [5.74, 6) is 0. The van der Waals surface area contributed by atoms with Gasteiger partial charge in [0.2, 0.25) is 0 Å². The lowest BCUT2D eigenvalue weighted by Crippen LogP contribution is -2.26. The number of hydrogen-bond acceptors (Lipinski definition) is 1. The van der Waals surface area contributed by atoms with Gasteiger partial charge in [-0.25, -0.2) is 0 Å². The number of allylic oxidation sites excluding steroid dienone is 1. The van der Waals surface area contributed by atoms with Crippen LogP contribution >= 0.6 is 0 Å². The van der Waals surface area contributed by atoms with Crippen molar-refractivity contribution in [2.24, 2.45) is 0 Å². The van der Waals surface area contributed by atoms with Crippen molar-refractivity contribution in [2.75, 3.05) is 4.90 Å². The molecule has 3 aliphatic carbocycles. The molecule has 0 aliphatic heterocycles. The van der Waals surface area contributed by atoms with E-state index in [1.54, 1.807) is 0 Å². The molecule has 1 unspecified atom stereocenters. The molecule has 0 saturated carbocycles. The Balaban J connectivity index is 1.08. The number of aromatic nitrogens is 1. The molecule has 1 spiro atoms. The van der Waals surface area contributed by atoms with Gasteiger partial charge in [-0.15, -0.1) is 6.58 Å². The maximum Gasteiger partial charge on any atom is 0.0726 e. The predicted molar refractivity (Wildman–Crippen MR) is 274 cm³/mol. The Bertz CT molecular complexity index is 3750. The molecule has 0 N–H and O–H groups in total. The molecule has 11 aromatic rings. The topological polar surface area (TPSA) is 8.17 Å². The maximum atomic E-state index is 4.60. The Kier molecular flexibility index (Phi) is 7.71. The molecule has 14 rings (SSSR count). The van der Waals surface area contributed by atoms with Crippen LogP contribution in [-0.4, -0.2) is 4.57 Å². The lowest BCUT2D eigenvalue weighted by atomic mass is 9.70. The van der Waals surface area contributed by atoms with Crippen LogP contribution in [-0.2, 0) is 10.8 Å². The third-order valence-electron chi connectivity index (χ3n) is 15.0. The highest BCUT2D eigenvalue weighted by molar-refractivity contribution is 6.11. The summed E-state index contributed by atoms with van der Waals surface area (Å²) < 4.78 is 2.40. The normalized spacial score (nSPS) is 15.5. The van der Waals surface area contributed by atoms with E-state index in [0.717, 1.165) is 22.7 Å². The molecule has 66 heavy (non-hydrogen) atoms. The average molecular weight is 839 g/mol. The van der Waals surface area contributed by atoms with Crippen LogP contribution in [0.3, 0.4) is 0 Å². The lowest BCUT2D eigenvalue weighted by Gasteiger charge is -2.33. The van der Waals surface area contributed by atoms with Gasteiger partial charge in [0, 0.05) is 33.4 Å². The number of hydrogen-bond donors (Lipinski definition) is 0. The summed E-state index contributed by atoms with van der Waals surface area (Å²) in [7, 11) is 0. The Hall–Kier alpha value is -8.46. The molecule has 0 amide bonds. The van der Waals surface area contributed by atoms with Crippen LogP contribution in [0, 0.1) is 0 Å². The van der Waals surface area contributed by atoms with Gasteiger partial charge in [-0.2, -0.15) is 0 Å². The Labute approximate surface area is 384 Å². The molecule has 0 saturated heterocycles. The molecule has 0 bridgehead atoms. The standard InChI is InChI=1S/C64H42N2/c1-2-63(42-20-5-3-6-21-42)53-29-14-9-24-46(53)49-38-36-45(41-58(49)63)65(44-37-39-60-52(40-44)50-27-13-18-34-59(50)66(60)43-22-7-4-8-23-43)61-35-19-33-57-62(61)51-28-12-17-32-56(51)64(57)54-30-15-10-25-47(54)48-26-11-16-31-55(48)64/h2-41H,1H2. The van der Waals surface area contributed by atoms with Crippen LogP contribution in [0.1, 0.15) is 38.9 Å². The number of rotatable bonds is 6. The van der Waals surface area contributed by atoms with Crippen molar-refractivity contribution in [3.63, 3.8) is 0 Å². The van der Waals surface area contributed by atoms with E-state index in [1.165, 1.54) is 94.1 Å². The van der Waals surface area contributed by atoms with Gasteiger partial charge in [-0.1, -0.05) is 188 Å². The molecule has 10 aromatic carbocycles. The van der Waals surface area contributed by atoms with E-state index in [9.17, 15) is 0 Å². The summed E-state index contributed by atoms with van der Waals surface area (Å²) in [5, 5.41) is 2.43. The number of fused-ring (bicyclic) bond motifs is 16. The molecular weight excluding hydrogens is 797 g/mol. The van der Waals surface area contributed by atoms with Crippen molar-refractivity contribution in [1.29, 1.82) is 0 Å². The fourth-order valence-corrected chi connectivity index (χ4v) is 12.5. The molecule has 1 aromatic heterocycles. The second kappa shape index (κ2) is 13.8. The average Bonchev–Trinajstić information content (AvgIpc) is 4.08. The van der Waals surface area contributed by atoms with E-state index in [-0.39, 0.29) is 0 Å². The van der Waals surface area contributed by atoms with Crippen molar-refractivity contribution < 1.29 is 0 Å². The van der Waals surface area contributed by atoms with Crippen molar-refractivity contribution >= 4 is 38.9 Å². The van der Waals surface area contributed by atoms with Crippen LogP contribution in [0.4, 0.5) is 17.1 Å². The molecule has 3 aliphatic rings. The molecule has 2 nitrogen and oxygen atoms in total. The van der Waals surface area contributed by atoms with E-state index in [4.69, 9.17) is 0 Å². The third kappa shape index (κ3) is 4.70. The first-order chi connectivity index (χ1) is 32.7. The monoisotopic (exact) mass is 838 g/mol. The Morgan fingerprint density at radius 1 is 0.379 bits per heavy atom. The van der Waals surface area contributed by atoms with E-state index >= 15 is 0 Å². The van der Waals surface area contributed by atoms with Gasteiger partial charge in [-0.3, -0.25) is 0 Å². The number of para-hydroxylation sites is 2. The molecule has 308 valence electrons. The van der Waals surface area contributed by atoms with Gasteiger partial charge >= 0.3 is 0 Å². The summed E-state index contributed by atoms with van der Waals surface area (Å²) in [6.07, 6.45) is 2.17. The summed E-state index contributed by atoms with van der Waals surface area (Å²) in [5.41, 5.74) is 22.4. The first-order valence-corrected chi connectivity index (χ1v) is 23.0. The highest BCUT2D eigenvalue weighted by atomic mass is 15.1. The zero-order chi connectivity index (χ0) is 43.6. The van der Waals surface area contributed by atoms with Gasteiger partial charge in [-0.05, 0) is 121 Å². The minimum absolute atomic E-state index is 0.473. The van der Waals surface area contributed by atoms with Crippen LogP contribution < -0.4 is 4.90 Å². The van der Waals surface area contributed by atoms with Gasteiger partial charge in [0.05, 0.1) is 27.6 Å². The molecular formula is C64H42N2. The third-order valence-corrected chi connectivity index (χ3v) is 15.0. The molecule has 2 heteroatoms. The predicted octanol–water partition coefficient (Wildman–Crippen LogP) is 16.1. The zero-order valence-electron chi connectivity index (χ0n) is 36.2. The van der Waals surface area contributed by atoms with Gasteiger partial charge in [0.25, 0.3) is 0 Å². The van der Waals surface area contributed by atoms with E-state index in [0.29, 0.717) is 0 Å². The Morgan fingerprint density at radius 2 is 0.894 bits per heavy atom. The van der Waals surface area contributed by atoms with Crippen LogP contribution in [0.5, 0.6) is 0 Å². The second-order valence-corrected chi connectivity index (χ2v) is 18.0. The zero-order valence-corrected chi connectivity index (χ0v) is 36.2. The minimum atomic E-state index is -0.547. The summed E-state index contributed by atoms with van der Waals surface area (Å²) >= 11 is 0. The highest BCUT2D eigenvalue weighted by Crippen LogP contribution is 2.65. The fraction of sp³-hybridized carbons (Fsp3) is 0.0312. The largest absolute Gasteiger partial charge is 0.310 e. The van der Waals surface area contributed by atoms with Crippen molar-refractivity contribution in [3.8, 4) is 39.1 Å². The number of nitrogens with zero attached hydrogens (tertiary/aromatic N) is 2. The van der Waals surface area contributed by atoms with Gasteiger partial charge in [0.15, 0.2) is 0 Å². The lowest BCUT2D eigenvalue weighted by molar-refractivity contribution is 0.793. The first-order valence-electron chi connectivity index (χ1n) is 23.0. The second-order valence-electron chi connectivity index (χ2n) is 18.0. The molecule has 0 radical (unpaired) electrons. The van der Waals surface area contributed by atoms with Crippen molar-refractivity contribution in [1.82, 2.24) is 4.57 Å². The first kappa shape index (κ1) is 37.0. The van der Waals surface area contributed by atoms with Crippen molar-refractivity contribution in [2.45, 2.75) is 10.8 Å². The van der Waals surface area contributed by atoms with E-state index < -0.39 is 10.8 Å². The summed E-state index contributed by atoms with van der Waals surface area (Å²) in [4.78, 5) is 2.54. The Morgan fingerprint density at radius 3 is 1.61 bits per heavy atom. The van der Waals surface area contributed by atoms with Gasteiger partial charge < -0.3 is 9.47 Å². The number of benzene rings is 10. The van der Waals surface area contributed by atoms with Crippen molar-refractivity contribution in [3.05, 3.63) is 288 Å². The molecule has 0 fully saturated rings. The van der Waals surface area contributed by atoms with Gasteiger partial charge in [0.1, 0.15) is 0 Å². The quantitative estimate of drug-likeness (QED) is 0.151. The molecule has 1 atom stereocenters. The van der Waals surface area contributed by atoms with Crippen LogP contribution in [0.25, 0.3) is 60.9 Å². The molecule has 1 heterocycles. The van der Waals surface area contributed by atoms with E-state index in [2.05, 4.69) is 259 Å². The fourth-order valence-electron chi connectivity index (χ4n) is 12.5. The minimum Gasteiger partial charge on any atom is -0.310 e. The van der Waals surface area contributed by atoms with Crippen LogP contribution in [0.15, 0.2) is 249 Å². The van der Waals surface area contributed by atoms with E-state index in [1.807, 2.05) is 0 Å². The highest BCUT2D eigenvalue weighted by Gasteiger charge is 2.52. The maximum absolute atomic E-state index is 4.60. The van der Waals surface area contributed by atoms with Crippen LogP contribution in [0.2, 0.25) is 0 Å².